The minimum absolute atomic E-state index is 0.645. The molecule has 1 fully saturated rings. The molecule has 0 amide bonds. The summed E-state index contributed by atoms with van der Waals surface area (Å²) in [6, 6.07) is 0.645. The third-order valence-corrected chi connectivity index (χ3v) is 4.44. The highest BCUT2D eigenvalue weighted by molar-refractivity contribution is 8.00. The molecule has 2 unspecified atom stereocenters. The van der Waals surface area contributed by atoms with E-state index in [1.54, 1.807) is 0 Å². The molecule has 1 aliphatic heterocycles. The van der Waals surface area contributed by atoms with E-state index in [-0.39, 0.29) is 0 Å². The molecule has 86 valence electrons. The molecule has 1 heterocycles. The van der Waals surface area contributed by atoms with Gasteiger partial charge in [-0.3, -0.25) is 0 Å². The highest BCUT2D eigenvalue weighted by atomic mass is 32.2. The fourth-order valence-electron chi connectivity index (χ4n) is 2.07. The Hall–Kier alpha value is -0.130. The fourth-order valence-corrected chi connectivity index (χ4v) is 3.54. The predicted molar refractivity (Wildman–Crippen MR) is 70.2 cm³/mol. The lowest BCUT2D eigenvalue weighted by molar-refractivity contribution is 0.444. The van der Waals surface area contributed by atoms with E-state index in [0.29, 0.717) is 6.04 Å². The average molecular weight is 225 g/mol. The lowest BCUT2D eigenvalue weighted by Crippen LogP contribution is -2.39. The van der Waals surface area contributed by atoms with Crippen LogP contribution in [0.2, 0.25) is 0 Å². The van der Waals surface area contributed by atoms with Crippen LogP contribution in [-0.4, -0.2) is 23.6 Å². The van der Waals surface area contributed by atoms with E-state index in [1.165, 1.54) is 31.4 Å². The monoisotopic (exact) mass is 225 g/mol. The number of rotatable bonds is 6. The summed E-state index contributed by atoms with van der Waals surface area (Å²) in [6.07, 6.45) is 12.8. The zero-order valence-corrected chi connectivity index (χ0v) is 10.6. The number of hydrogen-bond donors (Lipinski definition) is 1. The van der Waals surface area contributed by atoms with E-state index in [0.717, 1.165) is 24.6 Å². The Labute approximate surface area is 98.8 Å². The van der Waals surface area contributed by atoms with Crippen LogP contribution in [0.4, 0.5) is 0 Å². The molecule has 0 aliphatic carbocycles. The second kappa shape index (κ2) is 8.07. The summed E-state index contributed by atoms with van der Waals surface area (Å²) in [6.45, 7) is 3.35. The molecule has 0 aromatic heterocycles. The zero-order valence-electron chi connectivity index (χ0n) is 9.80. The van der Waals surface area contributed by atoms with Crippen LogP contribution in [0.5, 0.6) is 0 Å². The first-order chi connectivity index (χ1) is 7.38. The number of terminal acetylenes is 1. The Morgan fingerprint density at radius 1 is 1.53 bits per heavy atom. The SMILES string of the molecule is C#CCCC(NCCC)C1CCCCS1. The smallest absolute Gasteiger partial charge is 0.0201 e. The van der Waals surface area contributed by atoms with Crippen molar-refractivity contribution < 1.29 is 0 Å². The Balaban J connectivity index is 2.34. The molecule has 0 spiro atoms. The average Bonchev–Trinajstić information content (AvgIpc) is 2.30. The number of nitrogens with one attached hydrogen (secondary N) is 1. The molecular weight excluding hydrogens is 202 g/mol. The first kappa shape index (κ1) is 12.9. The standard InChI is InChI=1S/C13H23NS/c1-3-5-8-12(14-10-4-2)13-9-6-7-11-15-13/h1,12-14H,4-11H2,2H3. The molecule has 2 atom stereocenters. The lowest BCUT2D eigenvalue weighted by atomic mass is 10.0. The molecule has 1 saturated heterocycles. The van der Waals surface area contributed by atoms with Gasteiger partial charge in [-0.05, 0) is 38.0 Å². The van der Waals surface area contributed by atoms with E-state index < -0.39 is 0 Å². The van der Waals surface area contributed by atoms with E-state index in [4.69, 9.17) is 6.42 Å². The van der Waals surface area contributed by atoms with E-state index in [9.17, 15) is 0 Å². The van der Waals surface area contributed by atoms with Crippen LogP contribution in [-0.2, 0) is 0 Å². The highest BCUT2D eigenvalue weighted by Crippen LogP contribution is 2.29. The van der Waals surface area contributed by atoms with Gasteiger partial charge < -0.3 is 5.32 Å². The third kappa shape index (κ3) is 4.95. The molecule has 1 nitrogen and oxygen atoms in total. The topological polar surface area (TPSA) is 12.0 Å². The van der Waals surface area contributed by atoms with Crippen molar-refractivity contribution in [2.24, 2.45) is 0 Å². The van der Waals surface area contributed by atoms with Gasteiger partial charge in [0.1, 0.15) is 0 Å². The summed E-state index contributed by atoms with van der Waals surface area (Å²) in [7, 11) is 0. The Bertz CT molecular complexity index is 191. The molecule has 0 aromatic carbocycles. The van der Waals surface area contributed by atoms with Gasteiger partial charge in [0.15, 0.2) is 0 Å². The Kier molecular flexibility index (Phi) is 6.96. The van der Waals surface area contributed by atoms with Crippen LogP contribution < -0.4 is 5.32 Å². The molecule has 0 bridgehead atoms. The van der Waals surface area contributed by atoms with Gasteiger partial charge in [0.2, 0.25) is 0 Å². The zero-order chi connectivity index (χ0) is 10.9. The maximum Gasteiger partial charge on any atom is 0.0201 e. The quantitative estimate of drug-likeness (QED) is 0.697. The normalized spacial score (nSPS) is 23.3. The van der Waals surface area contributed by atoms with Gasteiger partial charge in [0, 0.05) is 17.7 Å². The van der Waals surface area contributed by atoms with Crippen molar-refractivity contribution >= 4 is 11.8 Å². The summed E-state index contributed by atoms with van der Waals surface area (Å²) in [4.78, 5) is 0. The summed E-state index contributed by atoms with van der Waals surface area (Å²) < 4.78 is 0. The van der Waals surface area contributed by atoms with Gasteiger partial charge in [0.25, 0.3) is 0 Å². The Morgan fingerprint density at radius 3 is 3.00 bits per heavy atom. The molecule has 1 aliphatic rings. The van der Waals surface area contributed by atoms with Crippen LogP contribution in [0.1, 0.15) is 45.4 Å². The Morgan fingerprint density at radius 2 is 2.40 bits per heavy atom. The summed E-state index contributed by atoms with van der Waals surface area (Å²) in [5.41, 5.74) is 0. The van der Waals surface area contributed by atoms with Gasteiger partial charge in [-0.1, -0.05) is 13.3 Å². The van der Waals surface area contributed by atoms with Crippen LogP contribution >= 0.6 is 11.8 Å². The van der Waals surface area contributed by atoms with Crippen molar-refractivity contribution in [2.45, 2.75) is 56.7 Å². The van der Waals surface area contributed by atoms with Crippen LogP contribution in [0.25, 0.3) is 0 Å². The maximum absolute atomic E-state index is 5.35. The molecule has 0 radical (unpaired) electrons. The molecule has 15 heavy (non-hydrogen) atoms. The fraction of sp³-hybridized carbons (Fsp3) is 0.846. The van der Waals surface area contributed by atoms with Crippen molar-refractivity contribution in [3.05, 3.63) is 0 Å². The second-order valence-electron chi connectivity index (χ2n) is 4.21. The molecule has 2 heteroatoms. The lowest BCUT2D eigenvalue weighted by Gasteiger charge is -2.30. The highest BCUT2D eigenvalue weighted by Gasteiger charge is 2.22. The molecule has 0 saturated carbocycles. The van der Waals surface area contributed by atoms with Crippen molar-refractivity contribution in [2.75, 3.05) is 12.3 Å². The van der Waals surface area contributed by atoms with E-state index >= 15 is 0 Å². The first-order valence-electron chi connectivity index (χ1n) is 6.17. The van der Waals surface area contributed by atoms with E-state index in [2.05, 4.69) is 29.9 Å². The molecule has 1 N–H and O–H groups in total. The van der Waals surface area contributed by atoms with Gasteiger partial charge in [-0.2, -0.15) is 11.8 Å². The van der Waals surface area contributed by atoms with Crippen LogP contribution in [0.15, 0.2) is 0 Å². The minimum atomic E-state index is 0.645. The second-order valence-corrected chi connectivity index (χ2v) is 5.56. The minimum Gasteiger partial charge on any atom is -0.313 e. The number of hydrogen-bond acceptors (Lipinski definition) is 2. The van der Waals surface area contributed by atoms with Crippen molar-refractivity contribution in [1.29, 1.82) is 0 Å². The summed E-state index contributed by atoms with van der Waals surface area (Å²) in [5, 5.41) is 4.46. The van der Waals surface area contributed by atoms with Gasteiger partial charge in [-0.25, -0.2) is 0 Å². The van der Waals surface area contributed by atoms with Gasteiger partial charge in [-0.15, -0.1) is 12.3 Å². The summed E-state index contributed by atoms with van der Waals surface area (Å²) >= 11 is 2.14. The van der Waals surface area contributed by atoms with Crippen molar-refractivity contribution in [3.8, 4) is 12.3 Å². The first-order valence-corrected chi connectivity index (χ1v) is 7.21. The number of thioether (sulfide) groups is 1. The van der Waals surface area contributed by atoms with Gasteiger partial charge in [0.05, 0.1) is 0 Å². The maximum atomic E-state index is 5.35. The van der Waals surface area contributed by atoms with E-state index in [1.807, 2.05) is 0 Å². The predicted octanol–water partition coefficient (Wildman–Crippen LogP) is 3.05. The molecule has 0 aromatic rings. The van der Waals surface area contributed by atoms with Crippen LogP contribution in [0, 0.1) is 12.3 Å². The van der Waals surface area contributed by atoms with Crippen molar-refractivity contribution in [1.82, 2.24) is 5.32 Å². The van der Waals surface area contributed by atoms with Gasteiger partial charge >= 0.3 is 0 Å². The third-order valence-electron chi connectivity index (χ3n) is 2.92. The molecular formula is C13H23NS. The van der Waals surface area contributed by atoms with Crippen molar-refractivity contribution in [3.63, 3.8) is 0 Å². The molecule has 1 rings (SSSR count). The summed E-state index contributed by atoms with van der Waals surface area (Å²) in [5.74, 6) is 4.10. The largest absolute Gasteiger partial charge is 0.313 e. The van der Waals surface area contributed by atoms with Crippen LogP contribution in [0.3, 0.4) is 0 Å².